The molecule has 2 aliphatic carbocycles. The molecule has 0 saturated heterocycles. The molecule has 1 atom stereocenters. The summed E-state index contributed by atoms with van der Waals surface area (Å²) in [5.74, 6) is -0.828. The van der Waals surface area contributed by atoms with Gasteiger partial charge in [-0.15, -0.1) is 0 Å². The summed E-state index contributed by atoms with van der Waals surface area (Å²) < 4.78 is 0. The van der Waals surface area contributed by atoms with Crippen molar-refractivity contribution in [2.75, 3.05) is 6.54 Å². The largest absolute Gasteiger partial charge is 0.481 e. The van der Waals surface area contributed by atoms with Gasteiger partial charge >= 0.3 is 5.97 Å². The molecule has 0 aromatic carbocycles. The average Bonchev–Trinajstić information content (AvgIpc) is 3.26. The number of hydrogen-bond acceptors (Lipinski definition) is 3. The SMILES string of the molecule is CC(NC(=O)CC1CCCCC1)C(=O)NCC1(C(=O)O)CC1. The maximum atomic E-state index is 12.0. The van der Waals surface area contributed by atoms with Crippen molar-refractivity contribution in [3.05, 3.63) is 0 Å². The van der Waals surface area contributed by atoms with E-state index in [-0.39, 0.29) is 18.4 Å². The topological polar surface area (TPSA) is 95.5 Å². The summed E-state index contributed by atoms with van der Waals surface area (Å²) in [6.07, 6.45) is 7.50. The van der Waals surface area contributed by atoms with Gasteiger partial charge < -0.3 is 15.7 Å². The third-order valence-corrected chi connectivity index (χ3v) is 4.88. The summed E-state index contributed by atoms with van der Waals surface area (Å²) in [4.78, 5) is 35.0. The van der Waals surface area contributed by atoms with Crippen molar-refractivity contribution < 1.29 is 19.5 Å². The van der Waals surface area contributed by atoms with Gasteiger partial charge in [-0.1, -0.05) is 19.3 Å². The average molecular weight is 310 g/mol. The van der Waals surface area contributed by atoms with Crippen LogP contribution in [0.5, 0.6) is 0 Å². The second-order valence-electron chi connectivity index (χ2n) is 6.80. The minimum atomic E-state index is -0.859. The minimum absolute atomic E-state index is 0.0890. The number of aliphatic carboxylic acids is 1. The van der Waals surface area contributed by atoms with E-state index in [2.05, 4.69) is 10.6 Å². The van der Waals surface area contributed by atoms with Gasteiger partial charge in [0.1, 0.15) is 6.04 Å². The summed E-state index contributed by atoms with van der Waals surface area (Å²) in [6, 6.07) is -0.624. The van der Waals surface area contributed by atoms with Crippen molar-refractivity contribution in [1.29, 1.82) is 0 Å². The van der Waals surface area contributed by atoms with Gasteiger partial charge in [-0.05, 0) is 38.5 Å². The number of hydrogen-bond donors (Lipinski definition) is 3. The number of carbonyl (C=O) groups excluding carboxylic acids is 2. The molecule has 0 bridgehead atoms. The molecule has 0 aromatic rings. The van der Waals surface area contributed by atoms with Crippen molar-refractivity contribution in [3.63, 3.8) is 0 Å². The molecule has 2 fully saturated rings. The summed E-state index contributed by atoms with van der Waals surface area (Å²) in [5, 5.41) is 14.4. The molecule has 6 nitrogen and oxygen atoms in total. The molecule has 2 saturated carbocycles. The van der Waals surface area contributed by atoms with Crippen LogP contribution in [0.4, 0.5) is 0 Å². The van der Waals surface area contributed by atoms with E-state index in [9.17, 15) is 14.4 Å². The zero-order valence-electron chi connectivity index (χ0n) is 13.2. The standard InChI is InChI=1S/C16H26N2O4/c1-11(14(20)17-10-16(7-8-16)15(21)22)18-13(19)9-12-5-3-2-4-6-12/h11-12H,2-10H2,1H3,(H,17,20)(H,18,19)(H,21,22). The van der Waals surface area contributed by atoms with E-state index in [0.717, 1.165) is 12.8 Å². The van der Waals surface area contributed by atoms with Crippen LogP contribution in [0, 0.1) is 11.3 Å². The first-order valence-corrected chi connectivity index (χ1v) is 8.23. The van der Waals surface area contributed by atoms with Gasteiger partial charge in [0.15, 0.2) is 0 Å². The first-order valence-electron chi connectivity index (χ1n) is 8.23. The third-order valence-electron chi connectivity index (χ3n) is 4.88. The van der Waals surface area contributed by atoms with Gasteiger partial charge in [0.2, 0.25) is 11.8 Å². The number of amides is 2. The zero-order chi connectivity index (χ0) is 16.2. The highest BCUT2D eigenvalue weighted by molar-refractivity contribution is 5.88. The van der Waals surface area contributed by atoms with Crippen LogP contribution in [-0.4, -0.2) is 35.5 Å². The molecule has 0 spiro atoms. The molecule has 124 valence electrons. The van der Waals surface area contributed by atoms with E-state index in [0.29, 0.717) is 25.2 Å². The number of rotatable bonds is 7. The predicted molar refractivity (Wildman–Crippen MR) is 81.1 cm³/mol. The lowest BCUT2D eigenvalue weighted by Crippen LogP contribution is -2.47. The fourth-order valence-electron chi connectivity index (χ4n) is 3.05. The number of nitrogens with one attached hydrogen (secondary N) is 2. The van der Waals surface area contributed by atoms with Crippen LogP contribution in [0.25, 0.3) is 0 Å². The fraction of sp³-hybridized carbons (Fsp3) is 0.812. The number of carboxylic acid groups (broad SMARTS) is 1. The lowest BCUT2D eigenvalue weighted by Gasteiger charge is -2.22. The van der Waals surface area contributed by atoms with Gasteiger partial charge in [0, 0.05) is 13.0 Å². The summed E-state index contributed by atoms with van der Waals surface area (Å²) in [6.45, 7) is 1.78. The van der Waals surface area contributed by atoms with Crippen molar-refractivity contribution >= 4 is 17.8 Å². The van der Waals surface area contributed by atoms with Crippen LogP contribution in [-0.2, 0) is 14.4 Å². The van der Waals surface area contributed by atoms with Gasteiger partial charge in [0.25, 0.3) is 0 Å². The van der Waals surface area contributed by atoms with E-state index in [1.165, 1.54) is 19.3 Å². The smallest absolute Gasteiger partial charge is 0.311 e. The van der Waals surface area contributed by atoms with Gasteiger partial charge in [-0.25, -0.2) is 0 Å². The van der Waals surface area contributed by atoms with Crippen LogP contribution in [0.15, 0.2) is 0 Å². The first kappa shape index (κ1) is 16.8. The molecule has 0 aliphatic heterocycles. The van der Waals surface area contributed by atoms with E-state index < -0.39 is 17.4 Å². The highest BCUT2D eigenvalue weighted by Crippen LogP contribution is 2.45. The number of carbonyl (C=O) groups is 3. The van der Waals surface area contributed by atoms with Crippen molar-refractivity contribution in [1.82, 2.24) is 10.6 Å². The number of carboxylic acids is 1. The van der Waals surface area contributed by atoms with Crippen LogP contribution in [0.1, 0.15) is 58.3 Å². The summed E-state index contributed by atoms with van der Waals surface area (Å²) in [7, 11) is 0. The molecule has 22 heavy (non-hydrogen) atoms. The molecule has 0 heterocycles. The molecule has 0 aromatic heterocycles. The summed E-state index contributed by atoms with van der Waals surface area (Å²) in [5.41, 5.74) is -0.776. The maximum Gasteiger partial charge on any atom is 0.311 e. The Morgan fingerprint density at radius 1 is 1.18 bits per heavy atom. The second kappa shape index (κ2) is 7.11. The van der Waals surface area contributed by atoms with Gasteiger partial charge in [0.05, 0.1) is 5.41 Å². The Bertz CT molecular complexity index is 439. The Morgan fingerprint density at radius 2 is 1.82 bits per heavy atom. The van der Waals surface area contributed by atoms with E-state index >= 15 is 0 Å². The lowest BCUT2D eigenvalue weighted by molar-refractivity contribution is -0.143. The lowest BCUT2D eigenvalue weighted by atomic mass is 9.87. The quantitative estimate of drug-likeness (QED) is 0.663. The molecular formula is C16H26N2O4. The normalized spacial score (nSPS) is 21.7. The Hall–Kier alpha value is -1.59. The third kappa shape index (κ3) is 4.45. The Kier molecular flexibility index (Phi) is 5.42. The van der Waals surface area contributed by atoms with Crippen molar-refractivity contribution in [2.24, 2.45) is 11.3 Å². The highest BCUT2D eigenvalue weighted by atomic mass is 16.4. The fourth-order valence-corrected chi connectivity index (χ4v) is 3.05. The van der Waals surface area contributed by atoms with E-state index in [1.807, 2.05) is 0 Å². The molecule has 3 N–H and O–H groups in total. The molecule has 2 rings (SSSR count). The van der Waals surface area contributed by atoms with E-state index in [1.54, 1.807) is 6.92 Å². The van der Waals surface area contributed by atoms with Gasteiger partial charge in [-0.3, -0.25) is 14.4 Å². The zero-order valence-corrected chi connectivity index (χ0v) is 13.2. The molecule has 2 amide bonds. The molecule has 6 heteroatoms. The minimum Gasteiger partial charge on any atom is -0.481 e. The van der Waals surface area contributed by atoms with Crippen molar-refractivity contribution in [3.8, 4) is 0 Å². The monoisotopic (exact) mass is 310 g/mol. The van der Waals surface area contributed by atoms with Crippen molar-refractivity contribution in [2.45, 2.75) is 64.3 Å². The second-order valence-corrected chi connectivity index (χ2v) is 6.80. The Labute approximate surface area is 131 Å². The highest BCUT2D eigenvalue weighted by Gasteiger charge is 2.50. The molecular weight excluding hydrogens is 284 g/mol. The van der Waals surface area contributed by atoms with Crippen LogP contribution < -0.4 is 10.6 Å². The predicted octanol–water partition coefficient (Wildman–Crippen LogP) is 1.44. The Morgan fingerprint density at radius 3 is 2.36 bits per heavy atom. The van der Waals surface area contributed by atoms with Crippen LogP contribution in [0.3, 0.4) is 0 Å². The molecule has 1 unspecified atom stereocenters. The van der Waals surface area contributed by atoms with Gasteiger partial charge in [-0.2, -0.15) is 0 Å². The Balaban J connectivity index is 1.69. The van der Waals surface area contributed by atoms with Crippen LogP contribution >= 0.6 is 0 Å². The van der Waals surface area contributed by atoms with Crippen LogP contribution in [0.2, 0.25) is 0 Å². The molecule has 2 aliphatic rings. The first-order chi connectivity index (χ1) is 10.4. The van der Waals surface area contributed by atoms with E-state index in [4.69, 9.17) is 5.11 Å². The maximum absolute atomic E-state index is 12.0. The molecule has 0 radical (unpaired) electrons. The summed E-state index contributed by atoms with van der Waals surface area (Å²) >= 11 is 0.